The van der Waals surface area contributed by atoms with Crippen LogP contribution in [0.3, 0.4) is 0 Å². The van der Waals surface area contributed by atoms with Crippen molar-refractivity contribution in [2.24, 2.45) is 0 Å². The Morgan fingerprint density at radius 1 is 1.50 bits per heavy atom. The van der Waals surface area contributed by atoms with Gasteiger partial charge in [-0.2, -0.15) is 24.0 Å². The van der Waals surface area contributed by atoms with Crippen molar-refractivity contribution in [3.05, 3.63) is 22.9 Å². The van der Waals surface area contributed by atoms with E-state index in [1.54, 1.807) is 11.3 Å². The maximum Gasteiger partial charge on any atom is 0.321 e. The number of aliphatic carboxylic acids is 1. The van der Waals surface area contributed by atoms with E-state index in [1.807, 2.05) is 22.9 Å². The smallest absolute Gasteiger partial charge is 0.321 e. The molecule has 0 saturated carbocycles. The summed E-state index contributed by atoms with van der Waals surface area (Å²) in [6.07, 6.45) is 0. The van der Waals surface area contributed by atoms with Crippen LogP contribution in [0.2, 0.25) is 0 Å². The molecule has 1 heterocycles. The van der Waals surface area contributed by atoms with Crippen LogP contribution in [0.4, 0.5) is 0 Å². The van der Waals surface area contributed by atoms with E-state index in [4.69, 9.17) is 10.2 Å². The maximum absolute atomic E-state index is 10.1. The number of hydrogen-bond donors (Lipinski definition) is 4. The monoisotopic (exact) mass is 235 g/mol. The number of nitrogens with one attached hydrogen (secondary N) is 1. The number of thiophene rings is 1. The Kier molecular flexibility index (Phi) is 8.65. The molecule has 0 unspecified atom stereocenters. The second-order valence-electron chi connectivity index (χ2n) is 2.23. The molecule has 1 atom stereocenters. The largest absolute Gasteiger partial charge is 0.480 e. The fraction of sp³-hybridized carbons (Fsp3) is 0.375. The Hall–Kier alpha value is -0.560. The van der Waals surface area contributed by atoms with E-state index in [-0.39, 0.29) is 12.5 Å². The zero-order valence-corrected chi connectivity index (χ0v) is 9.17. The molecule has 14 heavy (non-hydrogen) atoms. The quantitative estimate of drug-likeness (QED) is 0.457. The van der Waals surface area contributed by atoms with Gasteiger partial charge >= 0.3 is 5.97 Å². The van der Waals surface area contributed by atoms with E-state index in [9.17, 15) is 4.79 Å². The molecule has 3 N–H and O–H groups in total. The summed E-state index contributed by atoms with van der Waals surface area (Å²) >= 11 is 5.45. The first-order valence-electron chi connectivity index (χ1n) is 3.87. The summed E-state index contributed by atoms with van der Waals surface area (Å²) in [6.45, 7) is -0.336. The lowest BCUT2D eigenvalue weighted by Gasteiger charge is -2.07. The van der Waals surface area contributed by atoms with Crippen LogP contribution < -0.4 is 5.32 Å². The Morgan fingerprint density at radius 2 is 2.07 bits per heavy atom. The minimum atomic E-state index is -1.00. The van der Waals surface area contributed by atoms with Crippen molar-refractivity contribution in [1.29, 1.82) is 0 Å². The average Bonchev–Trinajstić information content (AvgIpc) is 2.71. The van der Waals surface area contributed by atoms with Crippen LogP contribution in [0.25, 0.3) is 0 Å². The molecule has 0 saturated heterocycles. The van der Waals surface area contributed by atoms with Crippen molar-refractivity contribution in [2.75, 3.05) is 12.5 Å². The van der Waals surface area contributed by atoms with Crippen LogP contribution in [0, 0.1) is 0 Å². The standard InChI is InChI=1S/C4H9NO3S.C4H4S/c6-2-5-3(1-9)4(7)8;1-2-4-5-3-1/h3,5-6,9H,1-2H2,(H,7,8);1-4H/t3-;/m0./s1. The molecule has 0 aromatic carbocycles. The van der Waals surface area contributed by atoms with E-state index in [0.29, 0.717) is 0 Å². The highest BCUT2D eigenvalue weighted by Gasteiger charge is 2.12. The normalized spacial score (nSPS) is 11.3. The van der Waals surface area contributed by atoms with Crippen molar-refractivity contribution < 1.29 is 15.0 Å². The Balaban J connectivity index is 0.000000280. The molecule has 0 radical (unpaired) electrons. The van der Waals surface area contributed by atoms with Crippen molar-refractivity contribution >= 4 is 29.9 Å². The van der Waals surface area contributed by atoms with Gasteiger partial charge < -0.3 is 10.2 Å². The minimum absolute atomic E-state index is 0.176. The first kappa shape index (κ1) is 13.4. The fourth-order valence-electron chi connectivity index (χ4n) is 0.567. The van der Waals surface area contributed by atoms with Gasteiger partial charge in [0.1, 0.15) is 6.04 Å². The molecule has 1 aromatic heterocycles. The van der Waals surface area contributed by atoms with Crippen molar-refractivity contribution in [3.63, 3.8) is 0 Å². The van der Waals surface area contributed by atoms with Gasteiger partial charge in [0, 0.05) is 5.75 Å². The van der Waals surface area contributed by atoms with E-state index >= 15 is 0 Å². The highest BCUT2D eigenvalue weighted by molar-refractivity contribution is 7.80. The van der Waals surface area contributed by atoms with Gasteiger partial charge in [-0.25, -0.2) is 0 Å². The molecule has 0 bridgehead atoms. The molecule has 0 amide bonds. The van der Waals surface area contributed by atoms with E-state index < -0.39 is 12.0 Å². The molecular weight excluding hydrogens is 222 g/mol. The number of carbonyl (C=O) groups is 1. The molecule has 0 aliphatic carbocycles. The maximum atomic E-state index is 10.1. The number of carboxylic acid groups (broad SMARTS) is 1. The molecule has 1 rings (SSSR count). The second-order valence-corrected chi connectivity index (χ2v) is 3.41. The Labute approximate surface area is 92.0 Å². The zero-order valence-electron chi connectivity index (χ0n) is 7.46. The first-order valence-corrected chi connectivity index (χ1v) is 5.45. The molecule has 4 nitrogen and oxygen atoms in total. The van der Waals surface area contributed by atoms with Crippen LogP contribution in [0.1, 0.15) is 0 Å². The predicted molar refractivity (Wildman–Crippen MR) is 59.8 cm³/mol. The summed E-state index contributed by atoms with van der Waals surface area (Å²) in [6, 6.07) is 3.29. The number of aliphatic hydroxyl groups excluding tert-OH is 1. The third-order valence-corrected chi connectivity index (χ3v) is 2.24. The SMILES string of the molecule is O=C(O)[C@H](CS)NCO.c1ccsc1. The molecule has 0 fully saturated rings. The number of thiol groups is 1. The van der Waals surface area contributed by atoms with Crippen LogP contribution in [-0.2, 0) is 4.79 Å². The minimum Gasteiger partial charge on any atom is -0.480 e. The zero-order chi connectivity index (χ0) is 10.8. The van der Waals surface area contributed by atoms with Gasteiger partial charge in [-0.05, 0) is 10.8 Å². The average molecular weight is 235 g/mol. The van der Waals surface area contributed by atoms with Gasteiger partial charge in [0.2, 0.25) is 0 Å². The lowest BCUT2D eigenvalue weighted by atomic mass is 10.3. The summed E-state index contributed by atoms with van der Waals surface area (Å²) in [5.41, 5.74) is 0. The van der Waals surface area contributed by atoms with Crippen LogP contribution >= 0.6 is 24.0 Å². The van der Waals surface area contributed by atoms with Gasteiger partial charge in [0.05, 0.1) is 6.73 Å². The lowest BCUT2D eigenvalue weighted by molar-refractivity contribution is -0.139. The van der Waals surface area contributed by atoms with Gasteiger partial charge in [-0.3, -0.25) is 10.1 Å². The molecule has 0 spiro atoms. The van der Waals surface area contributed by atoms with Crippen LogP contribution in [0.5, 0.6) is 0 Å². The molecule has 6 heteroatoms. The Morgan fingerprint density at radius 3 is 2.21 bits per heavy atom. The summed E-state index contributed by atoms with van der Waals surface area (Å²) < 4.78 is 0. The number of rotatable bonds is 4. The predicted octanol–water partition coefficient (Wildman–Crippen LogP) is 0.657. The van der Waals surface area contributed by atoms with Gasteiger partial charge in [0.25, 0.3) is 0 Å². The summed E-state index contributed by atoms with van der Waals surface area (Å²) in [7, 11) is 0. The molecule has 80 valence electrons. The second kappa shape index (κ2) is 9.01. The summed E-state index contributed by atoms with van der Waals surface area (Å²) in [5.74, 6) is -0.824. The fourth-order valence-corrected chi connectivity index (χ4v) is 1.31. The molecule has 0 aliphatic heterocycles. The topological polar surface area (TPSA) is 69.6 Å². The number of aliphatic hydroxyl groups is 1. The molecular formula is C8H13NO3S2. The van der Waals surface area contributed by atoms with Crippen molar-refractivity contribution in [2.45, 2.75) is 6.04 Å². The number of carboxylic acids is 1. The van der Waals surface area contributed by atoms with Crippen molar-refractivity contribution in [3.8, 4) is 0 Å². The summed E-state index contributed by atoms with van der Waals surface area (Å²) in [5, 5.41) is 22.9. The third-order valence-electron chi connectivity index (χ3n) is 1.24. The molecule has 1 aromatic rings. The highest BCUT2D eigenvalue weighted by Crippen LogP contribution is 1.91. The van der Waals surface area contributed by atoms with Gasteiger partial charge in [0.15, 0.2) is 0 Å². The highest BCUT2D eigenvalue weighted by atomic mass is 32.1. The summed E-state index contributed by atoms with van der Waals surface area (Å²) in [4.78, 5) is 10.1. The van der Waals surface area contributed by atoms with Crippen LogP contribution in [-0.4, -0.2) is 34.7 Å². The van der Waals surface area contributed by atoms with Gasteiger partial charge in [-0.1, -0.05) is 12.1 Å². The van der Waals surface area contributed by atoms with Crippen molar-refractivity contribution in [1.82, 2.24) is 5.32 Å². The van der Waals surface area contributed by atoms with Gasteiger partial charge in [-0.15, -0.1) is 0 Å². The lowest BCUT2D eigenvalue weighted by Crippen LogP contribution is -2.38. The first-order chi connectivity index (χ1) is 6.72. The third kappa shape index (κ3) is 6.90. The number of hydrogen-bond acceptors (Lipinski definition) is 5. The van der Waals surface area contributed by atoms with E-state index in [1.165, 1.54) is 0 Å². The van der Waals surface area contributed by atoms with E-state index in [0.717, 1.165) is 0 Å². The van der Waals surface area contributed by atoms with E-state index in [2.05, 4.69) is 17.9 Å². The van der Waals surface area contributed by atoms with Crippen LogP contribution in [0.15, 0.2) is 22.9 Å². The molecule has 0 aliphatic rings. The Bertz CT molecular complexity index is 211.